The van der Waals surface area contributed by atoms with Crippen LogP contribution in [0, 0.1) is 34.5 Å². The van der Waals surface area contributed by atoms with E-state index in [4.69, 9.17) is 0 Å². The van der Waals surface area contributed by atoms with Crippen molar-refractivity contribution in [3.05, 3.63) is 11.6 Å². The molecule has 1 heteroatoms. The Labute approximate surface area is 130 Å². The van der Waals surface area contributed by atoms with Crippen LogP contribution in [0.2, 0.25) is 0 Å². The van der Waals surface area contributed by atoms with Gasteiger partial charge in [-0.3, -0.25) is 0 Å². The van der Waals surface area contributed by atoms with E-state index < -0.39 is 0 Å². The Hall–Kier alpha value is -0.300. The van der Waals surface area contributed by atoms with Crippen molar-refractivity contribution in [3.63, 3.8) is 0 Å². The van der Waals surface area contributed by atoms with Crippen molar-refractivity contribution >= 4 is 0 Å². The second-order valence-electron chi connectivity index (χ2n) is 9.17. The molecular weight excluding hydrogens is 256 g/mol. The molecule has 0 radical (unpaired) electrons. The minimum absolute atomic E-state index is 0.0620. The third-order valence-electron chi connectivity index (χ3n) is 8.30. The zero-order chi connectivity index (χ0) is 14.8. The molecule has 0 aliphatic heterocycles. The second kappa shape index (κ2) is 4.60. The fourth-order valence-electron chi connectivity index (χ4n) is 7.04. The molecule has 0 spiro atoms. The second-order valence-corrected chi connectivity index (χ2v) is 9.17. The summed E-state index contributed by atoms with van der Waals surface area (Å²) >= 11 is 0. The van der Waals surface area contributed by atoms with Gasteiger partial charge in [0.2, 0.25) is 0 Å². The lowest BCUT2D eigenvalue weighted by Gasteiger charge is -2.57. The van der Waals surface area contributed by atoms with Crippen molar-refractivity contribution < 1.29 is 5.11 Å². The first-order valence-electron chi connectivity index (χ1n) is 9.34. The first-order valence-corrected chi connectivity index (χ1v) is 9.34. The summed E-state index contributed by atoms with van der Waals surface area (Å²) in [6.07, 6.45) is 13.4. The molecule has 4 aliphatic carbocycles. The van der Waals surface area contributed by atoms with Gasteiger partial charge in [0.1, 0.15) is 0 Å². The van der Waals surface area contributed by atoms with Gasteiger partial charge >= 0.3 is 0 Å². The van der Waals surface area contributed by atoms with E-state index in [1.165, 1.54) is 51.4 Å². The number of aliphatic hydroxyl groups is 1. The summed E-state index contributed by atoms with van der Waals surface area (Å²) in [6.45, 7) is 7.24. The summed E-state index contributed by atoms with van der Waals surface area (Å²) in [6, 6.07) is 0. The Balaban J connectivity index is 1.70. The van der Waals surface area contributed by atoms with Crippen LogP contribution in [0.5, 0.6) is 0 Å². The minimum Gasteiger partial charge on any atom is -0.392 e. The van der Waals surface area contributed by atoms with E-state index in [2.05, 4.69) is 26.8 Å². The molecule has 0 saturated heterocycles. The van der Waals surface area contributed by atoms with Crippen molar-refractivity contribution in [2.45, 2.75) is 78.2 Å². The van der Waals surface area contributed by atoms with Gasteiger partial charge < -0.3 is 5.11 Å². The maximum atomic E-state index is 10.7. The Morgan fingerprint density at radius 1 is 1.14 bits per heavy atom. The molecule has 0 aromatic carbocycles. The first-order chi connectivity index (χ1) is 9.97. The fraction of sp³-hybridized carbons (Fsp3) is 0.900. The van der Waals surface area contributed by atoms with E-state index >= 15 is 0 Å². The number of fused-ring (bicyclic) bond motifs is 5. The van der Waals surface area contributed by atoms with E-state index in [9.17, 15) is 5.11 Å². The van der Waals surface area contributed by atoms with E-state index in [0.29, 0.717) is 11.3 Å². The van der Waals surface area contributed by atoms with Gasteiger partial charge in [0.25, 0.3) is 0 Å². The largest absolute Gasteiger partial charge is 0.392 e. The van der Waals surface area contributed by atoms with Crippen molar-refractivity contribution in [1.82, 2.24) is 0 Å². The van der Waals surface area contributed by atoms with Crippen molar-refractivity contribution in [2.75, 3.05) is 0 Å². The van der Waals surface area contributed by atoms with Crippen molar-refractivity contribution in [2.24, 2.45) is 34.5 Å². The SMILES string of the molecule is CC1C[C@H]2[C@@H]3CC=C4CCCC[C@]4(C)[C@@H]3CC[C@]2(C)C1O. The molecular formula is C20H32O. The Morgan fingerprint density at radius 2 is 1.95 bits per heavy atom. The lowest BCUT2D eigenvalue weighted by atomic mass is 9.48. The predicted octanol–water partition coefficient (Wildman–Crippen LogP) is 4.95. The van der Waals surface area contributed by atoms with E-state index in [1.807, 2.05) is 0 Å². The highest BCUT2D eigenvalue weighted by atomic mass is 16.3. The standard InChI is InChI=1S/C20H32O/c1-13-12-17-15-8-7-14-6-4-5-10-19(14,2)16(15)9-11-20(17,3)18(13)21/h7,13,15-18,21H,4-6,8-12H2,1-3H3/t13?,15-,16-,17+,18?,19+,20+/m1/s1. The molecule has 1 nitrogen and oxygen atoms in total. The summed E-state index contributed by atoms with van der Waals surface area (Å²) in [5, 5.41) is 10.7. The smallest absolute Gasteiger partial charge is 0.0622 e. The normalized spacial score (nSPS) is 56.2. The first kappa shape index (κ1) is 14.3. The highest BCUT2D eigenvalue weighted by Gasteiger charge is 2.59. The number of allylic oxidation sites excluding steroid dienone is 2. The van der Waals surface area contributed by atoms with Crippen molar-refractivity contribution in [3.8, 4) is 0 Å². The molecule has 4 rings (SSSR count). The third-order valence-corrected chi connectivity index (χ3v) is 8.30. The van der Waals surface area contributed by atoms with Crippen LogP contribution in [0.25, 0.3) is 0 Å². The average Bonchev–Trinajstić information content (AvgIpc) is 2.70. The quantitative estimate of drug-likeness (QED) is 0.626. The molecule has 0 amide bonds. The highest BCUT2D eigenvalue weighted by molar-refractivity contribution is 5.24. The molecule has 0 aromatic heterocycles. The van der Waals surface area contributed by atoms with Gasteiger partial charge in [0.15, 0.2) is 0 Å². The van der Waals surface area contributed by atoms with Crippen LogP contribution in [-0.4, -0.2) is 11.2 Å². The van der Waals surface area contributed by atoms with Gasteiger partial charge in [-0.05, 0) is 79.4 Å². The van der Waals surface area contributed by atoms with E-state index in [0.717, 1.165) is 17.8 Å². The van der Waals surface area contributed by atoms with Gasteiger partial charge in [-0.25, -0.2) is 0 Å². The summed E-state index contributed by atoms with van der Waals surface area (Å²) in [5.41, 5.74) is 2.50. The Kier molecular flexibility index (Phi) is 3.13. The fourth-order valence-corrected chi connectivity index (χ4v) is 7.04. The highest BCUT2D eigenvalue weighted by Crippen LogP contribution is 2.65. The van der Waals surface area contributed by atoms with Gasteiger partial charge in [-0.1, -0.05) is 38.8 Å². The van der Waals surface area contributed by atoms with Crippen LogP contribution in [0.4, 0.5) is 0 Å². The molecule has 3 saturated carbocycles. The average molecular weight is 288 g/mol. The molecule has 21 heavy (non-hydrogen) atoms. The molecule has 4 aliphatic rings. The van der Waals surface area contributed by atoms with Crippen LogP contribution in [0.15, 0.2) is 11.6 Å². The summed E-state index contributed by atoms with van der Waals surface area (Å²) in [4.78, 5) is 0. The van der Waals surface area contributed by atoms with Gasteiger partial charge in [-0.2, -0.15) is 0 Å². The van der Waals surface area contributed by atoms with Crippen molar-refractivity contribution in [1.29, 1.82) is 0 Å². The number of rotatable bonds is 0. The van der Waals surface area contributed by atoms with Crippen LogP contribution >= 0.6 is 0 Å². The third kappa shape index (κ3) is 1.79. The molecule has 2 unspecified atom stereocenters. The van der Waals surface area contributed by atoms with Crippen LogP contribution in [-0.2, 0) is 0 Å². The van der Waals surface area contributed by atoms with Crippen LogP contribution in [0.3, 0.4) is 0 Å². The number of hydrogen-bond donors (Lipinski definition) is 1. The summed E-state index contributed by atoms with van der Waals surface area (Å²) in [5.74, 6) is 3.00. The van der Waals surface area contributed by atoms with Crippen LogP contribution in [0.1, 0.15) is 72.1 Å². The lowest BCUT2D eigenvalue weighted by Crippen LogP contribution is -2.50. The molecule has 3 fully saturated rings. The lowest BCUT2D eigenvalue weighted by molar-refractivity contribution is -0.0698. The van der Waals surface area contributed by atoms with Gasteiger partial charge in [0, 0.05) is 0 Å². The molecule has 0 aromatic rings. The maximum absolute atomic E-state index is 10.7. The zero-order valence-electron chi connectivity index (χ0n) is 14.1. The molecule has 7 atom stereocenters. The number of aliphatic hydroxyl groups excluding tert-OH is 1. The monoisotopic (exact) mass is 288 g/mol. The predicted molar refractivity (Wildman–Crippen MR) is 86.9 cm³/mol. The molecule has 118 valence electrons. The summed E-state index contributed by atoms with van der Waals surface area (Å²) < 4.78 is 0. The molecule has 0 heterocycles. The Bertz CT molecular complexity index is 466. The van der Waals surface area contributed by atoms with Gasteiger partial charge in [-0.15, -0.1) is 0 Å². The van der Waals surface area contributed by atoms with Gasteiger partial charge in [0.05, 0.1) is 6.10 Å². The topological polar surface area (TPSA) is 20.2 Å². The molecule has 0 bridgehead atoms. The maximum Gasteiger partial charge on any atom is 0.0622 e. The van der Waals surface area contributed by atoms with E-state index in [-0.39, 0.29) is 11.5 Å². The van der Waals surface area contributed by atoms with Crippen LogP contribution < -0.4 is 0 Å². The minimum atomic E-state index is -0.0620. The summed E-state index contributed by atoms with van der Waals surface area (Å²) in [7, 11) is 0. The van der Waals surface area contributed by atoms with E-state index in [1.54, 1.807) is 5.57 Å². The zero-order valence-corrected chi connectivity index (χ0v) is 14.1. The molecule has 1 N–H and O–H groups in total. The Morgan fingerprint density at radius 3 is 2.76 bits per heavy atom. The number of hydrogen-bond acceptors (Lipinski definition) is 1.